The lowest BCUT2D eigenvalue weighted by Gasteiger charge is -2.04. The van der Waals surface area contributed by atoms with Crippen LogP contribution in [0.5, 0.6) is 0 Å². The Morgan fingerprint density at radius 3 is 2.74 bits per heavy atom. The molecule has 2 rings (SSSR count). The van der Waals surface area contributed by atoms with Crippen LogP contribution >= 0.6 is 11.3 Å². The number of amides is 1. The van der Waals surface area contributed by atoms with Crippen LogP contribution in [0.3, 0.4) is 0 Å². The molecule has 0 bridgehead atoms. The molecule has 1 amide bonds. The zero-order valence-corrected chi connectivity index (χ0v) is 13.6. The summed E-state index contributed by atoms with van der Waals surface area (Å²) < 4.78 is 4.84. The van der Waals surface area contributed by atoms with E-state index in [-0.39, 0.29) is 32.1 Å². The number of rotatable bonds is 8. The fraction of sp³-hybridized carbons (Fsp3) is 0.312. The summed E-state index contributed by atoms with van der Waals surface area (Å²) in [6.07, 6.45) is 0.196. The number of nitrogens with zero attached hydrogens (tertiary/aromatic N) is 1. The summed E-state index contributed by atoms with van der Waals surface area (Å²) in [6.45, 7) is 2.12. The van der Waals surface area contributed by atoms with Crippen LogP contribution < -0.4 is 5.32 Å². The third-order valence-corrected chi connectivity index (χ3v) is 3.93. The normalized spacial score (nSPS) is 10.5. The Labute approximate surface area is 138 Å². The molecule has 2 aromatic rings. The Morgan fingerprint density at radius 2 is 2.04 bits per heavy atom. The van der Waals surface area contributed by atoms with E-state index in [1.54, 1.807) is 0 Å². The van der Waals surface area contributed by atoms with Gasteiger partial charge in [0.05, 0.1) is 18.7 Å². The molecular weight excluding hydrogens is 316 g/mol. The van der Waals surface area contributed by atoms with Crippen LogP contribution in [0.25, 0.3) is 10.6 Å². The summed E-state index contributed by atoms with van der Waals surface area (Å²) in [4.78, 5) is 26.5. The van der Waals surface area contributed by atoms with Gasteiger partial charge in [-0.3, -0.25) is 4.79 Å². The van der Waals surface area contributed by atoms with Crippen molar-refractivity contribution in [2.45, 2.75) is 13.3 Å². The van der Waals surface area contributed by atoms with Gasteiger partial charge in [0.15, 0.2) is 0 Å². The SMILES string of the molecule is Cc1ccc(-c2nc(CC(=O)NCCOCC(=O)O)cs2)cc1. The molecule has 0 radical (unpaired) electrons. The van der Waals surface area contributed by atoms with Gasteiger partial charge in [0.1, 0.15) is 11.6 Å². The Kier molecular flexibility index (Phi) is 6.25. The largest absolute Gasteiger partial charge is 0.480 e. The van der Waals surface area contributed by atoms with Crippen molar-refractivity contribution >= 4 is 23.2 Å². The summed E-state index contributed by atoms with van der Waals surface area (Å²) in [5.41, 5.74) is 2.94. The highest BCUT2D eigenvalue weighted by atomic mass is 32.1. The molecule has 7 heteroatoms. The second kappa shape index (κ2) is 8.40. The van der Waals surface area contributed by atoms with E-state index in [0.29, 0.717) is 0 Å². The molecule has 0 aliphatic carbocycles. The highest BCUT2D eigenvalue weighted by Gasteiger charge is 2.09. The second-order valence-corrected chi connectivity index (χ2v) is 5.84. The summed E-state index contributed by atoms with van der Waals surface area (Å²) >= 11 is 1.50. The lowest BCUT2D eigenvalue weighted by molar-refractivity contribution is -0.142. The zero-order chi connectivity index (χ0) is 16.7. The number of hydrogen-bond acceptors (Lipinski definition) is 5. The zero-order valence-electron chi connectivity index (χ0n) is 12.7. The summed E-state index contributed by atoms with van der Waals surface area (Å²) in [7, 11) is 0. The van der Waals surface area contributed by atoms with Crippen molar-refractivity contribution in [3.63, 3.8) is 0 Å². The number of carboxylic acids is 1. The summed E-state index contributed by atoms with van der Waals surface area (Å²) in [5.74, 6) is -1.19. The van der Waals surface area contributed by atoms with Gasteiger partial charge in [-0.1, -0.05) is 29.8 Å². The average Bonchev–Trinajstić information content (AvgIpc) is 2.95. The molecule has 0 atom stereocenters. The molecular formula is C16H18N2O4S. The van der Waals surface area contributed by atoms with E-state index >= 15 is 0 Å². The molecule has 0 fully saturated rings. The molecule has 1 aromatic carbocycles. The van der Waals surface area contributed by atoms with Gasteiger partial charge in [-0.15, -0.1) is 11.3 Å². The van der Waals surface area contributed by atoms with Gasteiger partial charge in [-0.2, -0.15) is 0 Å². The third-order valence-electron chi connectivity index (χ3n) is 2.99. The van der Waals surface area contributed by atoms with Crippen LogP contribution in [0.1, 0.15) is 11.3 Å². The van der Waals surface area contributed by atoms with Gasteiger partial charge in [0.2, 0.25) is 5.91 Å². The molecule has 1 aromatic heterocycles. The molecule has 0 spiro atoms. The second-order valence-electron chi connectivity index (χ2n) is 4.98. The van der Waals surface area contributed by atoms with Crippen molar-refractivity contribution in [3.8, 4) is 10.6 Å². The minimum atomic E-state index is -1.03. The van der Waals surface area contributed by atoms with Crippen LogP contribution in [-0.4, -0.2) is 41.7 Å². The molecule has 2 N–H and O–H groups in total. The quantitative estimate of drug-likeness (QED) is 0.720. The van der Waals surface area contributed by atoms with E-state index in [0.717, 1.165) is 16.3 Å². The lowest BCUT2D eigenvalue weighted by Crippen LogP contribution is -2.29. The monoisotopic (exact) mass is 334 g/mol. The van der Waals surface area contributed by atoms with Crippen LogP contribution in [-0.2, 0) is 20.7 Å². The fourth-order valence-electron chi connectivity index (χ4n) is 1.87. The lowest BCUT2D eigenvalue weighted by atomic mass is 10.2. The first-order valence-electron chi connectivity index (χ1n) is 7.12. The predicted octanol–water partition coefficient (Wildman–Crippen LogP) is 1.88. The molecule has 122 valence electrons. The number of aryl methyl sites for hydroxylation is 1. The first-order valence-corrected chi connectivity index (χ1v) is 8.00. The topological polar surface area (TPSA) is 88.5 Å². The average molecular weight is 334 g/mol. The molecule has 1 heterocycles. The molecule has 0 unspecified atom stereocenters. The highest BCUT2D eigenvalue weighted by molar-refractivity contribution is 7.13. The first kappa shape index (κ1) is 17.1. The number of benzene rings is 1. The van der Waals surface area contributed by atoms with E-state index in [1.165, 1.54) is 16.9 Å². The number of carbonyl (C=O) groups excluding carboxylic acids is 1. The Balaban J connectivity index is 1.78. The minimum absolute atomic E-state index is 0.162. The van der Waals surface area contributed by atoms with E-state index in [1.807, 2.05) is 36.6 Å². The minimum Gasteiger partial charge on any atom is -0.480 e. The van der Waals surface area contributed by atoms with Crippen LogP contribution in [0.4, 0.5) is 0 Å². The van der Waals surface area contributed by atoms with Crippen molar-refractivity contribution < 1.29 is 19.4 Å². The van der Waals surface area contributed by atoms with Gasteiger partial charge in [-0.05, 0) is 6.92 Å². The third kappa shape index (κ3) is 5.80. The van der Waals surface area contributed by atoms with Gasteiger partial charge in [0.25, 0.3) is 0 Å². The number of aliphatic carboxylic acids is 1. The maximum absolute atomic E-state index is 11.8. The van der Waals surface area contributed by atoms with Crippen LogP contribution in [0, 0.1) is 6.92 Å². The molecule has 6 nitrogen and oxygen atoms in total. The highest BCUT2D eigenvalue weighted by Crippen LogP contribution is 2.24. The van der Waals surface area contributed by atoms with Crippen LogP contribution in [0.2, 0.25) is 0 Å². The van der Waals surface area contributed by atoms with E-state index in [4.69, 9.17) is 9.84 Å². The maximum Gasteiger partial charge on any atom is 0.329 e. The van der Waals surface area contributed by atoms with Gasteiger partial charge >= 0.3 is 5.97 Å². The first-order chi connectivity index (χ1) is 11.0. The Hall–Kier alpha value is -2.25. The van der Waals surface area contributed by atoms with Crippen molar-refractivity contribution in [1.29, 1.82) is 0 Å². The van der Waals surface area contributed by atoms with Gasteiger partial charge in [0, 0.05) is 17.5 Å². The van der Waals surface area contributed by atoms with Gasteiger partial charge in [-0.25, -0.2) is 9.78 Å². The smallest absolute Gasteiger partial charge is 0.329 e. The van der Waals surface area contributed by atoms with Crippen molar-refractivity contribution in [2.24, 2.45) is 0 Å². The van der Waals surface area contributed by atoms with E-state index in [9.17, 15) is 9.59 Å². The summed E-state index contributed by atoms with van der Waals surface area (Å²) in [6, 6.07) is 8.08. The van der Waals surface area contributed by atoms with Crippen molar-refractivity contribution in [2.75, 3.05) is 19.8 Å². The number of ether oxygens (including phenoxy) is 1. The number of nitrogens with one attached hydrogen (secondary N) is 1. The number of carbonyl (C=O) groups is 2. The molecule has 23 heavy (non-hydrogen) atoms. The fourth-order valence-corrected chi connectivity index (χ4v) is 2.69. The number of carboxylic acid groups (broad SMARTS) is 1. The van der Waals surface area contributed by atoms with E-state index < -0.39 is 5.97 Å². The van der Waals surface area contributed by atoms with Crippen molar-refractivity contribution in [3.05, 3.63) is 40.9 Å². The molecule has 0 aliphatic heterocycles. The molecule has 0 aliphatic rings. The van der Waals surface area contributed by atoms with E-state index in [2.05, 4.69) is 10.3 Å². The number of hydrogen-bond donors (Lipinski definition) is 2. The predicted molar refractivity (Wildman–Crippen MR) is 87.5 cm³/mol. The summed E-state index contributed by atoms with van der Waals surface area (Å²) in [5, 5.41) is 13.8. The van der Waals surface area contributed by atoms with Crippen LogP contribution in [0.15, 0.2) is 29.6 Å². The number of aromatic nitrogens is 1. The maximum atomic E-state index is 11.8. The number of thiazole rings is 1. The molecule has 0 saturated heterocycles. The Morgan fingerprint density at radius 1 is 1.30 bits per heavy atom. The molecule has 0 saturated carbocycles. The Bertz CT molecular complexity index is 667. The standard InChI is InChI=1S/C16H18N2O4S/c1-11-2-4-12(5-3-11)16-18-13(10-23-16)8-14(19)17-6-7-22-9-15(20)21/h2-5,10H,6-9H2,1H3,(H,17,19)(H,20,21). The van der Waals surface area contributed by atoms with Crippen molar-refractivity contribution in [1.82, 2.24) is 10.3 Å². The van der Waals surface area contributed by atoms with Gasteiger partial charge < -0.3 is 15.2 Å².